The van der Waals surface area contributed by atoms with Crippen molar-refractivity contribution in [3.05, 3.63) is 66.4 Å². The zero-order valence-electron chi connectivity index (χ0n) is 18.3. The number of fused-ring (bicyclic) bond motifs is 3. The first-order valence-electron chi connectivity index (χ1n) is 11.5. The van der Waals surface area contributed by atoms with Gasteiger partial charge in [-0.05, 0) is 30.9 Å². The van der Waals surface area contributed by atoms with Crippen LogP contribution in [0.5, 0.6) is 5.75 Å². The van der Waals surface area contributed by atoms with Gasteiger partial charge in [-0.3, -0.25) is 14.2 Å². The van der Waals surface area contributed by atoms with Crippen molar-refractivity contribution in [3.8, 4) is 5.75 Å². The molecule has 0 radical (unpaired) electrons. The number of para-hydroxylation sites is 1. The highest BCUT2D eigenvalue weighted by molar-refractivity contribution is 5.85. The number of alkyl halides is 1. The number of benzene rings is 1. The minimum absolute atomic E-state index is 0.0138. The summed E-state index contributed by atoms with van der Waals surface area (Å²) in [4.78, 5) is 17.7. The smallest absolute Gasteiger partial charge is 0.156 e. The third-order valence-electron chi connectivity index (χ3n) is 6.48. The van der Waals surface area contributed by atoms with Crippen molar-refractivity contribution in [2.75, 3.05) is 39.4 Å². The minimum atomic E-state index is -0.263. The number of nitrogens with one attached hydrogen (secondary N) is 1. The Hall–Kier alpha value is -2.77. The summed E-state index contributed by atoms with van der Waals surface area (Å²) >= 11 is 0. The molecule has 0 unspecified atom stereocenters. The van der Waals surface area contributed by atoms with Gasteiger partial charge in [0.1, 0.15) is 12.1 Å². The van der Waals surface area contributed by atoms with Gasteiger partial charge in [-0.15, -0.1) is 6.58 Å². The molecule has 0 aliphatic carbocycles. The van der Waals surface area contributed by atoms with Gasteiger partial charge >= 0.3 is 0 Å². The second kappa shape index (κ2) is 9.38. The number of H-pyrrole nitrogens is 1. The molecule has 3 aromatic rings. The van der Waals surface area contributed by atoms with Crippen molar-refractivity contribution < 1.29 is 9.13 Å². The Morgan fingerprint density at radius 1 is 1.19 bits per heavy atom. The van der Waals surface area contributed by atoms with E-state index in [4.69, 9.17) is 14.7 Å². The van der Waals surface area contributed by atoms with Crippen LogP contribution in [-0.4, -0.2) is 70.3 Å². The largest absolute Gasteiger partial charge is 0.485 e. The van der Waals surface area contributed by atoms with Gasteiger partial charge in [0.25, 0.3) is 0 Å². The SMILES string of the molecule is C=CCCN1CCc2c([nH]c3ccccc23)[C@H]1c1ncc(OC2CN(CCCF)C2)cn1. The third kappa shape index (κ3) is 4.14. The van der Waals surface area contributed by atoms with Crippen LogP contribution < -0.4 is 4.74 Å². The van der Waals surface area contributed by atoms with Gasteiger partial charge in [0.15, 0.2) is 11.6 Å². The highest BCUT2D eigenvalue weighted by Crippen LogP contribution is 2.37. The highest BCUT2D eigenvalue weighted by atomic mass is 19.1. The molecule has 0 saturated carbocycles. The summed E-state index contributed by atoms with van der Waals surface area (Å²) in [5, 5.41) is 1.29. The molecule has 1 atom stereocenters. The fourth-order valence-corrected chi connectivity index (χ4v) is 4.86. The first-order chi connectivity index (χ1) is 15.8. The van der Waals surface area contributed by atoms with Gasteiger partial charge in [-0.2, -0.15) is 0 Å². The van der Waals surface area contributed by atoms with E-state index in [0.717, 1.165) is 56.9 Å². The Kier molecular flexibility index (Phi) is 6.19. The fraction of sp³-hybridized carbons (Fsp3) is 0.440. The Labute approximate surface area is 188 Å². The first kappa shape index (κ1) is 21.1. The van der Waals surface area contributed by atoms with E-state index < -0.39 is 0 Å². The van der Waals surface area contributed by atoms with Crippen molar-refractivity contribution in [3.63, 3.8) is 0 Å². The van der Waals surface area contributed by atoms with E-state index >= 15 is 0 Å². The molecule has 2 aliphatic rings. The summed E-state index contributed by atoms with van der Waals surface area (Å²) in [6.07, 6.45) is 8.19. The molecule has 6 nitrogen and oxygen atoms in total. The van der Waals surface area contributed by atoms with Crippen LogP contribution in [0.2, 0.25) is 0 Å². The molecule has 1 N–H and O–H groups in total. The zero-order valence-corrected chi connectivity index (χ0v) is 18.3. The normalized spacial score (nSPS) is 19.6. The third-order valence-corrected chi connectivity index (χ3v) is 6.48. The molecule has 1 fully saturated rings. The Balaban J connectivity index is 1.35. The van der Waals surface area contributed by atoms with Crippen LogP contribution in [0, 0.1) is 0 Å². The van der Waals surface area contributed by atoms with Crippen LogP contribution >= 0.6 is 0 Å². The molecule has 2 aliphatic heterocycles. The maximum Gasteiger partial charge on any atom is 0.156 e. The fourth-order valence-electron chi connectivity index (χ4n) is 4.86. The molecule has 168 valence electrons. The van der Waals surface area contributed by atoms with Crippen molar-refractivity contribution in [1.29, 1.82) is 0 Å². The topological polar surface area (TPSA) is 57.3 Å². The Morgan fingerprint density at radius 2 is 2.00 bits per heavy atom. The van der Waals surface area contributed by atoms with Crippen LogP contribution in [0.1, 0.15) is 36.0 Å². The monoisotopic (exact) mass is 435 g/mol. The molecule has 2 aromatic heterocycles. The zero-order chi connectivity index (χ0) is 21.9. The summed E-state index contributed by atoms with van der Waals surface area (Å²) < 4.78 is 18.3. The molecular formula is C25H30FN5O. The average Bonchev–Trinajstić information content (AvgIpc) is 3.18. The molecule has 7 heteroatoms. The molecule has 0 amide bonds. The summed E-state index contributed by atoms with van der Waals surface area (Å²) in [6, 6.07) is 8.47. The molecule has 0 bridgehead atoms. The van der Waals surface area contributed by atoms with Crippen LogP contribution in [0.3, 0.4) is 0 Å². The number of hydrogen-bond acceptors (Lipinski definition) is 5. The minimum Gasteiger partial charge on any atom is -0.485 e. The lowest BCUT2D eigenvalue weighted by Crippen LogP contribution is -2.53. The van der Waals surface area contributed by atoms with Gasteiger partial charge in [-0.1, -0.05) is 24.3 Å². The number of aromatic nitrogens is 3. The summed E-state index contributed by atoms with van der Waals surface area (Å²) in [5.74, 6) is 1.47. The van der Waals surface area contributed by atoms with E-state index in [2.05, 4.69) is 45.6 Å². The molecule has 1 saturated heterocycles. The second-order valence-corrected chi connectivity index (χ2v) is 8.65. The lowest BCUT2D eigenvalue weighted by Gasteiger charge is -2.38. The maximum atomic E-state index is 12.3. The summed E-state index contributed by atoms with van der Waals surface area (Å²) in [5.41, 5.74) is 3.72. The lowest BCUT2D eigenvalue weighted by atomic mass is 9.96. The van der Waals surface area contributed by atoms with E-state index in [9.17, 15) is 4.39 Å². The van der Waals surface area contributed by atoms with Gasteiger partial charge in [0, 0.05) is 49.3 Å². The number of nitrogens with zero attached hydrogens (tertiary/aromatic N) is 4. The number of halogens is 1. The van der Waals surface area contributed by atoms with Gasteiger partial charge in [0.2, 0.25) is 0 Å². The van der Waals surface area contributed by atoms with E-state index in [1.165, 1.54) is 16.6 Å². The molecule has 0 spiro atoms. The van der Waals surface area contributed by atoms with Crippen LogP contribution in [0.15, 0.2) is 49.3 Å². The number of hydrogen-bond donors (Lipinski definition) is 1. The van der Waals surface area contributed by atoms with Crippen molar-refractivity contribution in [2.24, 2.45) is 0 Å². The van der Waals surface area contributed by atoms with Gasteiger partial charge in [0.05, 0.1) is 19.1 Å². The van der Waals surface area contributed by atoms with E-state index in [0.29, 0.717) is 12.2 Å². The molecule has 32 heavy (non-hydrogen) atoms. The molecule has 1 aromatic carbocycles. The Morgan fingerprint density at radius 3 is 2.78 bits per heavy atom. The molecule has 5 rings (SSSR count). The second-order valence-electron chi connectivity index (χ2n) is 8.65. The van der Waals surface area contributed by atoms with Gasteiger partial charge < -0.3 is 9.72 Å². The van der Waals surface area contributed by atoms with Crippen LogP contribution in [-0.2, 0) is 6.42 Å². The predicted molar refractivity (Wildman–Crippen MR) is 124 cm³/mol. The molecular weight excluding hydrogens is 405 g/mol. The van der Waals surface area contributed by atoms with Crippen molar-refractivity contribution >= 4 is 10.9 Å². The van der Waals surface area contributed by atoms with Crippen molar-refractivity contribution in [2.45, 2.75) is 31.4 Å². The number of ether oxygens (including phenoxy) is 1. The van der Waals surface area contributed by atoms with Crippen LogP contribution in [0.25, 0.3) is 10.9 Å². The maximum absolute atomic E-state index is 12.3. The van der Waals surface area contributed by atoms with Gasteiger partial charge in [-0.25, -0.2) is 9.97 Å². The first-order valence-corrected chi connectivity index (χ1v) is 11.5. The van der Waals surface area contributed by atoms with Crippen molar-refractivity contribution in [1.82, 2.24) is 24.8 Å². The van der Waals surface area contributed by atoms with E-state index in [1.54, 1.807) is 12.4 Å². The quantitative estimate of drug-likeness (QED) is 0.517. The standard InChI is InChI=1S/C25H30FN5O/c1-2-3-12-31-13-9-21-20-7-4-5-8-22(20)29-23(21)24(31)25-27-14-18(15-28-25)32-19-16-30(17-19)11-6-10-26/h2,4-5,7-8,14-15,19,24,29H,1,3,6,9-13,16-17H2/t24-/m0/s1. The molecule has 4 heterocycles. The highest BCUT2D eigenvalue weighted by Gasteiger charge is 2.33. The van der Waals surface area contributed by atoms with E-state index in [1.807, 2.05) is 6.08 Å². The van der Waals surface area contributed by atoms with E-state index in [-0.39, 0.29) is 18.8 Å². The summed E-state index contributed by atoms with van der Waals surface area (Å²) in [6.45, 7) is 7.97. The Bertz CT molecular complexity index is 1060. The summed E-state index contributed by atoms with van der Waals surface area (Å²) in [7, 11) is 0. The number of likely N-dealkylation sites (tertiary alicyclic amines) is 1. The predicted octanol–water partition coefficient (Wildman–Crippen LogP) is 3.90. The number of rotatable bonds is 9. The lowest BCUT2D eigenvalue weighted by molar-refractivity contribution is 0.0179. The number of aromatic amines is 1. The average molecular weight is 436 g/mol. The van der Waals surface area contributed by atoms with Crippen LogP contribution in [0.4, 0.5) is 4.39 Å².